The summed E-state index contributed by atoms with van der Waals surface area (Å²) in [4.78, 5) is 23.5. The molecule has 0 aliphatic heterocycles. The van der Waals surface area contributed by atoms with Crippen LogP contribution in [-0.2, 0) is 4.79 Å². The van der Waals surface area contributed by atoms with E-state index < -0.39 is 5.82 Å². The first-order chi connectivity index (χ1) is 9.66. The van der Waals surface area contributed by atoms with Gasteiger partial charge in [0.2, 0.25) is 5.91 Å². The fraction of sp³-hybridized carbons (Fsp3) is 0.125. The summed E-state index contributed by atoms with van der Waals surface area (Å²) in [5.74, 6) is -0.969. The maximum atomic E-state index is 13.3. The van der Waals surface area contributed by atoms with Crippen LogP contribution in [0.5, 0.6) is 0 Å². The highest BCUT2D eigenvalue weighted by Gasteiger charge is 2.10. The smallest absolute Gasteiger partial charge is 0.224 e. The Hall–Kier alpha value is -2.49. The second-order valence-corrected chi connectivity index (χ2v) is 4.32. The lowest BCUT2D eigenvalue weighted by molar-refractivity contribution is -0.116. The summed E-state index contributed by atoms with van der Waals surface area (Å²) in [6, 6.07) is 14.7. The highest BCUT2D eigenvalue weighted by Crippen LogP contribution is 2.13. The van der Waals surface area contributed by atoms with E-state index in [-0.39, 0.29) is 30.2 Å². The highest BCUT2D eigenvalue weighted by molar-refractivity contribution is 5.99. The summed E-state index contributed by atoms with van der Waals surface area (Å²) in [7, 11) is 0. The molecule has 0 spiro atoms. The van der Waals surface area contributed by atoms with E-state index in [2.05, 4.69) is 5.32 Å². The third-order valence-corrected chi connectivity index (χ3v) is 2.82. The molecule has 2 rings (SSSR count). The summed E-state index contributed by atoms with van der Waals surface area (Å²) in [6.45, 7) is 0. The zero-order valence-electron chi connectivity index (χ0n) is 10.8. The molecule has 0 radical (unpaired) electrons. The van der Waals surface area contributed by atoms with Gasteiger partial charge in [0.25, 0.3) is 0 Å². The highest BCUT2D eigenvalue weighted by atomic mass is 19.1. The SMILES string of the molecule is O=C(CCC(=O)c1ccccc1)Nc1ccccc1F. The normalized spacial score (nSPS) is 10.1. The second kappa shape index (κ2) is 6.61. The molecule has 102 valence electrons. The van der Waals surface area contributed by atoms with Gasteiger partial charge in [0.05, 0.1) is 5.69 Å². The molecule has 0 atom stereocenters. The maximum absolute atomic E-state index is 13.3. The van der Waals surface area contributed by atoms with Crippen molar-refractivity contribution in [3.63, 3.8) is 0 Å². The van der Waals surface area contributed by atoms with Crippen molar-refractivity contribution in [2.24, 2.45) is 0 Å². The van der Waals surface area contributed by atoms with Crippen molar-refractivity contribution in [1.82, 2.24) is 0 Å². The number of carbonyl (C=O) groups excluding carboxylic acids is 2. The third kappa shape index (κ3) is 3.75. The summed E-state index contributed by atoms with van der Waals surface area (Å²) in [5.41, 5.74) is 0.704. The molecule has 0 aliphatic rings. The Morgan fingerprint density at radius 1 is 0.900 bits per heavy atom. The van der Waals surface area contributed by atoms with Gasteiger partial charge in [0.15, 0.2) is 5.78 Å². The summed E-state index contributed by atoms with van der Waals surface area (Å²) < 4.78 is 13.3. The average Bonchev–Trinajstić information content (AvgIpc) is 2.48. The zero-order chi connectivity index (χ0) is 14.4. The van der Waals surface area contributed by atoms with Gasteiger partial charge in [0.1, 0.15) is 5.82 Å². The fourth-order valence-corrected chi connectivity index (χ4v) is 1.77. The van der Waals surface area contributed by atoms with E-state index in [1.165, 1.54) is 12.1 Å². The zero-order valence-corrected chi connectivity index (χ0v) is 10.8. The number of carbonyl (C=O) groups is 2. The number of hydrogen-bond donors (Lipinski definition) is 1. The van der Waals surface area contributed by atoms with Gasteiger partial charge in [-0.1, -0.05) is 42.5 Å². The second-order valence-electron chi connectivity index (χ2n) is 4.32. The lowest BCUT2D eigenvalue weighted by Crippen LogP contribution is -2.14. The van der Waals surface area contributed by atoms with Crippen molar-refractivity contribution < 1.29 is 14.0 Å². The monoisotopic (exact) mass is 271 g/mol. The van der Waals surface area contributed by atoms with Gasteiger partial charge in [-0.2, -0.15) is 0 Å². The molecule has 0 unspecified atom stereocenters. The molecule has 3 nitrogen and oxygen atoms in total. The fourth-order valence-electron chi connectivity index (χ4n) is 1.77. The minimum absolute atomic E-state index is 0.0298. The minimum Gasteiger partial charge on any atom is -0.324 e. The van der Waals surface area contributed by atoms with E-state index in [4.69, 9.17) is 0 Å². The topological polar surface area (TPSA) is 46.2 Å². The molecule has 2 aromatic carbocycles. The van der Waals surface area contributed by atoms with Gasteiger partial charge in [-0.25, -0.2) is 4.39 Å². The van der Waals surface area contributed by atoms with Crippen LogP contribution in [0.15, 0.2) is 54.6 Å². The molecule has 0 aliphatic carbocycles. The predicted molar refractivity (Wildman–Crippen MR) is 75.0 cm³/mol. The summed E-state index contributed by atoms with van der Waals surface area (Å²) in [5, 5.41) is 2.45. The van der Waals surface area contributed by atoms with Gasteiger partial charge in [-0.3, -0.25) is 9.59 Å². The molecule has 4 heteroatoms. The van der Waals surface area contributed by atoms with Crippen LogP contribution in [0.4, 0.5) is 10.1 Å². The van der Waals surface area contributed by atoms with Crippen LogP contribution in [0.25, 0.3) is 0 Å². The first kappa shape index (κ1) is 13.9. The Kier molecular flexibility index (Phi) is 4.60. The van der Waals surface area contributed by atoms with E-state index in [9.17, 15) is 14.0 Å². The maximum Gasteiger partial charge on any atom is 0.224 e. The molecule has 0 aromatic heterocycles. The number of rotatable bonds is 5. The quantitative estimate of drug-likeness (QED) is 0.847. The van der Waals surface area contributed by atoms with E-state index in [0.717, 1.165) is 0 Å². The molecule has 2 aromatic rings. The standard InChI is InChI=1S/C16H14FNO2/c17-13-8-4-5-9-14(13)18-16(20)11-10-15(19)12-6-2-1-3-7-12/h1-9H,10-11H2,(H,18,20). The molecule has 0 bridgehead atoms. The average molecular weight is 271 g/mol. The van der Waals surface area contributed by atoms with E-state index >= 15 is 0 Å². The van der Waals surface area contributed by atoms with Crippen molar-refractivity contribution in [3.05, 3.63) is 66.0 Å². The van der Waals surface area contributed by atoms with Crippen LogP contribution >= 0.6 is 0 Å². The van der Waals surface area contributed by atoms with E-state index in [0.29, 0.717) is 5.56 Å². The molecule has 1 N–H and O–H groups in total. The summed E-state index contributed by atoms with van der Waals surface area (Å²) >= 11 is 0. The first-order valence-electron chi connectivity index (χ1n) is 6.29. The minimum atomic E-state index is -0.491. The number of amides is 1. The van der Waals surface area contributed by atoms with Crippen LogP contribution in [-0.4, -0.2) is 11.7 Å². The van der Waals surface area contributed by atoms with Gasteiger partial charge < -0.3 is 5.32 Å². The Balaban J connectivity index is 1.87. The number of nitrogens with one attached hydrogen (secondary N) is 1. The van der Waals surface area contributed by atoms with Crippen LogP contribution < -0.4 is 5.32 Å². The first-order valence-corrected chi connectivity index (χ1v) is 6.29. The van der Waals surface area contributed by atoms with Crippen molar-refractivity contribution >= 4 is 17.4 Å². The Morgan fingerprint density at radius 2 is 1.55 bits per heavy atom. The number of Topliss-reactive ketones (excluding diaryl/α,β-unsaturated/α-hetero) is 1. The van der Waals surface area contributed by atoms with E-state index in [1.54, 1.807) is 36.4 Å². The van der Waals surface area contributed by atoms with Crippen LogP contribution in [0.2, 0.25) is 0 Å². The largest absolute Gasteiger partial charge is 0.324 e. The molecule has 0 saturated carbocycles. The number of hydrogen-bond acceptors (Lipinski definition) is 2. The van der Waals surface area contributed by atoms with Crippen molar-refractivity contribution in [2.75, 3.05) is 5.32 Å². The number of benzene rings is 2. The van der Waals surface area contributed by atoms with E-state index in [1.807, 2.05) is 6.07 Å². The van der Waals surface area contributed by atoms with Crippen LogP contribution in [0, 0.1) is 5.82 Å². The van der Waals surface area contributed by atoms with Crippen molar-refractivity contribution in [1.29, 1.82) is 0 Å². The lowest BCUT2D eigenvalue weighted by atomic mass is 10.1. The van der Waals surface area contributed by atoms with Gasteiger partial charge in [0, 0.05) is 18.4 Å². The number of para-hydroxylation sites is 1. The number of ketones is 1. The Labute approximate surface area is 116 Å². The Morgan fingerprint density at radius 3 is 2.25 bits per heavy atom. The third-order valence-electron chi connectivity index (χ3n) is 2.82. The number of halogens is 1. The van der Waals surface area contributed by atoms with Gasteiger partial charge in [-0.15, -0.1) is 0 Å². The Bertz CT molecular complexity index is 611. The molecule has 1 amide bonds. The van der Waals surface area contributed by atoms with Gasteiger partial charge in [-0.05, 0) is 12.1 Å². The van der Waals surface area contributed by atoms with Crippen molar-refractivity contribution in [3.8, 4) is 0 Å². The lowest BCUT2D eigenvalue weighted by Gasteiger charge is -2.05. The van der Waals surface area contributed by atoms with Crippen molar-refractivity contribution in [2.45, 2.75) is 12.8 Å². The predicted octanol–water partition coefficient (Wildman–Crippen LogP) is 3.43. The number of anilines is 1. The van der Waals surface area contributed by atoms with Gasteiger partial charge >= 0.3 is 0 Å². The molecular weight excluding hydrogens is 257 g/mol. The molecule has 0 saturated heterocycles. The van der Waals surface area contributed by atoms with Crippen LogP contribution in [0.3, 0.4) is 0 Å². The summed E-state index contributed by atoms with van der Waals surface area (Å²) in [6.07, 6.45) is 0.131. The molecule has 20 heavy (non-hydrogen) atoms. The molecular formula is C16H14FNO2. The molecule has 0 heterocycles. The molecule has 0 fully saturated rings. The van der Waals surface area contributed by atoms with Crippen LogP contribution in [0.1, 0.15) is 23.2 Å².